The van der Waals surface area contributed by atoms with Crippen LogP contribution in [0.1, 0.15) is 58.6 Å². The van der Waals surface area contributed by atoms with Gasteiger partial charge in [0, 0.05) is 37.9 Å². The maximum absolute atomic E-state index is 13.3. The van der Waals surface area contributed by atoms with Gasteiger partial charge in [-0.15, -0.1) is 0 Å². The smallest absolute Gasteiger partial charge is 0.373 e. The molecule has 0 bridgehead atoms. The van der Waals surface area contributed by atoms with Crippen molar-refractivity contribution in [3.8, 4) is 0 Å². The van der Waals surface area contributed by atoms with Crippen LogP contribution in [0.2, 0.25) is 0 Å². The van der Waals surface area contributed by atoms with Crippen molar-refractivity contribution in [1.82, 2.24) is 20.0 Å². The summed E-state index contributed by atoms with van der Waals surface area (Å²) in [6, 6.07) is 5.75. The summed E-state index contributed by atoms with van der Waals surface area (Å²) in [6.07, 6.45) is 0.528. The third kappa shape index (κ3) is 3.75. The Labute approximate surface area is 167 Å². The number of aromatic nitrogens is 2. The van der Waals surface area contributed by atoms with Gasteiger partial charge in [0.05, 0.1) is 11.3 Å². The summed E-state index contributed by atoms with van der Waals surface area (Å²) < 4.78 is 40.0. The van der Waals surface area contributed by atoms with Crippen LogP contribution in [0.15, 0.2) is 30.5 Å². The summed E-state index contributed by atoms with van der Waals surface area (Å²) in [6.45, 7) is 4.34. The maximum atomic E-state index is 13.3. The summed E-state index contributed by atoms with van der Waals surface area (Å²) in [5.41, 5.74) is 1.89. The maximum Gasteiger partial charge on any atom is 0.416 e. The molecule has 1 amide bonds. The number of likely N-dealkylation sites (tertiary alicyclic amines) is 1. The molecule has 0 radical (unpaired) electrons. The first-order valence-corrected chi connectivity index (χ1v) is 9.83. The highest BCUT2D eigenvalue weighted by Gasteiger charge is 2.36. The highest BCUT2D eigenvalue weighted by molar-refractivity contribution is 5.94. The van der Waals surface area contributed by atoms with E-state index in [-0.39, 0.29) is 11.8 Å². The highest BCUT2D eigenvalue weighted by atomic mass is 19.4. The summed E-state index contributed by atoms with van der Waals surface area (Å²) >= 11 is 0. The number of hydrogen-bond donors (Lipinski definition) is 1. The third-order valence-electron chi connectivity index (χ3n) is 5.81. The molecule has 2 aliphatic heterocycles. The summed E-state index contributed by atoms with van der Waals surface area (Å²) in [4.78, 5) is 16.8. The van der Waals surface area contributed by atoms with Crippen LogP contribution in [0, 0.1) is 0 Å². The van der Waals surface area contributed by atoms with E-state index in [2.05, 4.69) is 15.1 Å². The zero-order valence-corrected chi connectivity index (χ0v) is 16.2. The molecular formula is C21H23F3N4O. The Hall–Kier alpha value is -2.77. The number of hydrogen-bond acceptors (Lipinski definition) is 3. The molecule has 29 heavy (non-hydrogen) atoms. The second kappa shape index (κ2) is 7.57. The molecule has 1 aromatic heterocycles. The largest absolute Gasteiger partial charge is 0.416 e. The van der Waals surface area contributed by atoms with Crippen LogP contribution < -0.4 is 0 Å². The Morgan fingerprint density at radius 2 is 1.97 bits per heavy atom. The monoisotopic (exact) mass is 404 g/mol. The predicted octanol–water partition coefficient (Wildman–Crippen LogP) is 4.25. The lowest BCUT2D eigenvalue weighted by molar-refractivity contribution is -0.138. The van der Waals surface area contributed by atoms with Gasteiger partial charge in [0.2, 0.25) is 0 Å². The van der Waals surface area contributed by atoms with Crippen LogP contribution >= 0.6 is 0 Å². The lowest BCUT2D eigenvalue weighted by Crippen LogP contribution is -2.39. The minimum atomic E-state index is -4.36. The van der Waals surface area contributed by atoms with Gasteiger partial charge in [0.1, 0.15) is 0 Å². The zero-order valence-electron chi connectivity index (χ0n) is 16.2. The molecular weight excluding hydrogens is 381 g/mol. The van der Waals surface area contributed by atoms with Gasteiger partial charge in [-0.3, -0.25) is 9.89 Å². The quantitative estimate of drug-likeness (QED) is 0.832. The fraction of sp³-hybridized carbons (Fsp3) is 0.429. The van der Waals surface area contributed by atoms with Crippen LogP contribution in [0.5, 0.6) is 0 Å². The lowest BCUT2D eigenvalue weighted by atomic mass is 9.86. The molecule has 0 spiro atoms. The van der Waals surface area contributed by atoms with E-state index in [0.717, 1.165) is 23.9 Å². The Kier molecular flexibility index (Phi) is 5.10. The molecule has 2 aliphatic rings. The molecule has 0 saturated carbocycles. The number of carbonyl (C=O) groups excluding carboxylic acids is 1. The average Bonchev–Trinajstić information content (AvgIpc) is 3.16. The second-order valence-corrected chi connectivity index (χ2v) is 7.49. The van der Waals surface area contributed by atoms with Crippen LogP contribution in [0.25, 0.3) is 6.08 Å². The van der Waals surface area contributed by atoms with Gasteiger partial charge in [0.25, 0.3) is 5.91 Å². The number of benzene rings is 1. The number of fused-ring (bicyclic) bond motifs is 1. The Morgan fingerprint density at radius 1 is 1.24 bits per heavy atom. The highest BCUT2D eigenvalue weighted by Crippen LogP contribution is 2.38. The number of halogens is 3. The van der Waals surface area contributed by atoms with Crippen molar-refractivity contribution in [2.75, 3.05) is 19.6 Å². The van der Waals surface area contributed by atoms with Crippen molar-refractivity contribution in [3.05, 3.63) is 58.5 Å². The molecule has 8 heteroatoms. The number of H-pyrrole nitrogens is 1. The van der Waals surface area contributed by atoms with Crippen molar-refractivity contribution in [1.29, 1.82) is 0 Å². The van der Waals surface area contributed by atoms with Crippen LogP contribution in [-0.4, -0.2) is 45.5 Å². The Morgan fingerprint density at radius 3 is 2.66 bits per heavy atom. The molecule has 154 valence electrons. The van der Waals surface area contributed by atoms with Gasteiger partial charge in [-0.1, -0.05) is 18.2 Å². The summed E-state index contributed by atoms with van der Waals surface area (Å²) in [5, 5.41) is 7.14. The van der Waals surface area contributed by atoms with E-state index in [1.807, 2.05) is 19.2 Å². The molecule has 1 saturated heterocycles. The van der Waals surface area contributed by atoms with Gasteiger partial charge in [0.15, 0.2) is 5.69 Å². The molecule has 4 rings (SSSR count). The first-order valence-electron chi connectivity index (χ1n) is 9.83. The number of nitrogens with zero attached hydrogens (tertiary/aromatic N) is 3. The topological polar surface area (TPSA) is 52.2 Å². The van der Waals surface area contributed by atoms with Gasteiger partial charge in [-0.25, -0.2) is 0 Å². The number of nitrogens with one attached hydrogen (secondary N) is 1. The minimum absolute atomic E-state index is 0.156. The number of amides is 1. The molecule has 1 N–H and O–H groups in total. The van der Waals surface area contributed by atoms with E-state index in [1.54, 1.807) is 17.0 Å². The fourth-order valence-corrected chi connectivity index (χ4v) is 4.16. The number of alkyl halides is 3. The summed E-state index contributed by atoms with van der Waals surface area (Å²) in [5.74, 6) is -0.361. The van der Waals surface area contributed by atoms with Crippen LogP contribution in [-0.2, 0) is 12.7 Å². The number of carbonyl (C=O) groups is 1. The van der Waals surface area contributed by atoms with Crippen molar-refractivity contribution < 1.29 is 18.0 Å². The third-order valence-corrected chi connectivity index (χ3v) is 5.81. The van der Waals surface area contributed by atoms with Crippen LogP contribution in [0.4, 0.5) is 13.2 Å². The fourth-order valence-electron chi connectivity index (χ4n) is 4.16. The van der Waals surface area contributed by atoms with Gasteiger partial charge in [-0.2, -0.15) is 18.3 Å². The lowest BCUT2D eigenvalue weighted by Gasteiger charge is -2.33. The molecule has 1 fully saturated rings. The first kappa shape index (κ1) is 19.5. The number of piperidine rings is 1. The number of rotatable bonds is 3. The molecule has 0 unspecified atom stereocenters. The van der Waals surface area contributed by atoms with E-state index < -0.39 is 11.7 Å². The second-order valence-electron chi connectivity index (χ2n) is 7.49. The van der Waals surface area contributed by atoms with Gasteiger partial charge < -0.3 is 9.80 Å². The molecule has 3 heterocycles. The van der Waals surface area contributed by atoms with Crippen molar-refractivity contribution in [2.45, 2.75) is 38.4 Å². The minimum Gasteiger partial charge on any atom is -0.373 e. The van der Waals surface area contributed by atoms with Crippen molar-refractivity contribution in [2.24, 2.45) is 0 Å². The predicted molar refractivity (Wildman–Crippen MR) is 103 cm³/mol. The van der Waals surface area contributed by atoms with Crippen molar-refractivity contribution in [3.63, 3.8) is 0 Å². The molecule has 0 aliphatic carbocycles. The van der Waals surface area contributed by atoms with Gasteiger partial charge in [-0.05, 0) is 43.4 Å². The molecule has 1 aromatic carbocycles. The van der Waals surface area contributed by atoms with Crippen molar-refractivity contribution >= 4 is 12.0 Å². The van der Waals surface area contributed by atoms with Gasteiger partial charge >= 0.3 is 6.18 Å². The first-order chi connectivity index (χ1) is 13.9. The van der Waals surface area contributed by atoms with E-state index in [1.165, 1.54) is 6.07 Å². The van der Waals surface area contributed by atoms with Crippen LogP contribution in [0.3, 0.4) is 0 Å². The molecule has 0 atom stereocenters. The Bertz CT molecular complexity index is 926. The van der Waals surface area contributed by atoms with E-state index in [0.29, 0.717) is 43.7 Å². The Balaban J connectivity index is 1.47. The normalized spacial score (nSPS) is 17.5. The van der Waals surface area contributed by atoms with E-state index in [4.69, 9.17) is 0 Å². The molecule has 5 nitrogen and oxygen atoms in total. The SMILES string of the molecule is CCN1C=Cc2[nH]nc(C(=O)N3CCC(c4ccccc4C(F)(F)F)CC3)c2C1. The summed E-state index contributed by atoms with van der Waals surface area (Å²) in [7, 11) is 0. The standard InChI is InChI=1S/C21H23F3N4O/c1-2-27-10-9-18-16(13-27)19(26-25-18)20(29)28-11-7-14(8-12-28)15-5-3-4-6-17(15)21(22,23)24/h3-6,9-10,14H,2,7-8,11-13H2,1H3,(H,25,26). The zero-order chi connectivity index (χ0) is 20.6. The molecule has 2 aromatic rings. The average molecular weight is 404 g/mol. The number of aromatic amines is 1. The van der Waals surface area contributed by atoms with E-state index in [9.17, 15) is 18.0 Å². The van der Waals surface area contributed by atoms with E-state index >= 15 is 0 Å².